The van der Waals surface area contributed by atoms with E-state index in [1.54, 1.807) is 0 Å². The summed E-state index contributed by atoms with van der Waals surface area (Å²) in [5.74, 6) is -1.31. The van der Waals surface area contributed by atoms with Crippen LogP contribution in [0.3, 0.4) is 0 Å². The number of nitrogens with zero attached hydrogens (tertiary/aromatic N) is 1. The lowest BCUT2D eigenvalue weighted by Gasteiger charge is -2.17. The summed E-state index contributed by atoms with van der Waals surface area (Å²) in [4.78, 5) is 23.2. The molecule has 0 aliphatic carbocycles. The standard InChI is InChI=1S/C17H33NO3/c1-3-4-5-6-7-8-9-10-11-12-13-14-16(19)18(2)15-17(20)21/h3-15H2,1-2H3,(H,20,21)/p-1. The molecule has 4 nitrogen and oxygen atoms in total. The van der Waals surface area contributed by atoms with Crippen molar-refractivity contribution in [3.8, 4) is 0 Å². The fraction of sp³-hybridized carbons (Fsp3) is 0.882. The van der Waals surface area contributed by atoms with Crippen molar-refractivity contribution in [1.29, 1.82) is 0 Å². The SMILES string of the molecule is CCCCCCCCCCCCCC(=O)N(C)CC(=O)[O-]. The van der Waals surface area contributed by atoms with Gasteiger partial charge in [-0.3, -0.25) is 4.79 Å². The van der Waals surface area contributed by atoms with Gasteiger partial charge in [0, 0.05) is 13.5 Å². The molecule has 21 heavy (non-hydrogen) atoms. The highest BCUT2D eigenvalue weighted by Crippen LogP contribution is 2.12. The fourth-order valence-corrected chi connectivity index (χ4v) is 2.41. The van der Waals surface area contributed by atoms with Crippen LogP contribution in [0.2, 0.25) is 0 Å². The summed E-state index contributed by atoms with van der Waals surface area (Å²) >= 11 is 0. The third kappa shape index (κ3) is 13.7. The maximum atomic E-state index is 11.6. The van der Waals surface area contributed by atoms with Gasteiger partial charge in [-0.1, -0.05) is 71.1 Å². The molecule has 0 spiro atoms. The Bertz CT molecular complexity index is 279. The van der Waals surface area contributed by atoms with Gasteiger partial charge in [-0.2, -0.15) is 0 Å². The Balaban J connectivity index is 3.28. The molecule has 0 atom stereocenters. The van der Waals surface area contributed by atoms with Crippen LogP contribution >= 0.6 is 0 Å². The van der Waals surface area contributed by atoms with Crippen molar-refractivity contribution in [3.63, 3.8) is 0 Å². The highest BCUT2D eigenvalue weighted by Gasteiger charge is 2.07. The lowest BCUT2D eigenvalue weighted by molar-refractivity contribution is -0.305. The first-order chi connectivity index (χ1) is 10.1. The zero-order valence-corrected chi connectivity index (χ0v) is 13.9. The van der Waals surface area contributed by atoms with Gasteiger partial charge in [0.1, 0.15) is 0 Å². The maximum Gasteiger partial charge on any atom is 0.222 e. The smallest absolute Gasteiger partial charge is 0.222 e. The van der Waals surface area contributed by atoms with Crippen molar-refractivity contribution in [1.82, 2.24) is 4.90 Å². The van der Waals surface area contributed by atoms with E-state index >= 15 is 0 Å². The van der Waals surface area contributed by atoms with Crippen LogP contribution in [0.25, 0.3) is 0 Å². The molecule has 0 bridgehead atoms. The second-order valence-electron chi connectivity index (χ2n) is 5.91. The molecule has 0 saturated carbocycles. The molecule has 0 aromatic carbocycles. The Morgan fingerprint density at radius 3 is 1.67 bits per heavy atom. The van der Waals surface area contributed by atoms with Gasteiger partial charge in [0.2, 0.25) is 5.91 Å². The van der Waals surface area contributed by atoms with Crippen LogP contribution in [0.5, 0.6) is 0 Å². The van der Waals surface area contributed by atoms with Crippen LogP contribution in [0.15, 0.2) is 0 Å². The second kappa shape index (κ2) is 13.9. The minimum absolute atomic E-state index is 0.102. The molecule has 1 amide bonds. The summed E-state index contributed by atoms with van der Waals surface area (Å²) in [6.45, 7) is 1.93. The molecule has 0 aromatic rings. The van der Waals surface area contributed by atoms with E-state index < -0.39 is 5.97 Å². The van der Waals surface area contributed by atoms with Crippen LogP contribution < -0.4 is 5.11 Å². The summed E-state index contributed by atoms with van der Waals surface area (Å²) in [5, 5.41) is 10.4. The van der Waals surface area contributed by atoms with Gasteiger partial charge in [0.05, 0.1) is 12.5 Å². The first-order valence-electron chi connectivity index (χ1n) is 8.51. The Hall–Kier alpha value is -1.06. The van der Waals surface area contributed by atoms with Gasteiger partial charge in [-0.25, -0.2) is 0 Å². The zero-order chi connectivity index (χ0) is 15.9. The second-order valence-corrected chi connectivity index (χ2v) is 5.91. The Morgan fingerprint density at radius 2 is 1.24 bits per heavy atom. The molecule has 0 aliphatic heterocycles. The Labute approximate surface area is 129 Å². The van der Waals surface area contributed by atoms with E-state index in [0.717, 1.165) is 12.8 Å². The van der Waals surface area contributed by atoms with Crippen LogP contribution in [0.4, 0.5) is 0 Å². The summed E-state index contributed by atoms with van der Waals surface area (Å²) in [7, 11) is 1.51. The van der Waals surface area contributed by atoms with Gasteiger partial charge in [-0.15, -0.1) is 0 Å². The summed E-state index contributed by atoms with van der Waals surface area (Å²) in [6, 6.07) is 0. The van der Waals surface area contributed by atoms with Crippen molar-refractivity contribution in [2.24, 2.45) is 0 Å². The van der Waals surface area contributed by atoms with Crippen molar-refractivity contribution in [2.75, 3.05) is 13.6 Å². The lowest BCUT2D eigenvalue weighted by Crippen LogP contribution is -2.39. The zero-order valence-electron chi connectivity index (χ0n) is 13.9. The van der Waals surface area contributed by atoms with E-state index in [9.17, 15) is 14.7 Å². The number of carboxylic acids is 1. The normalized spacial score (nSPS) is 10.6. The molecule has 0 radical (unpaired) electrons. The van der Waals surface area contributed by atoms with Crippen molar-refractivity contribution >= 4 is 11.9 Å². The molecule has 0 rings (SSSR count). The van der Waals surface area contributed by atoms with E-state index in [1.807, 2.05) is 0 Å². The molecule has 0 heterocycles. The van der Waals surface area contributed by atoms with E-state index in [2.05, 4.69) is 6.92 Å². The van der Waals surface area contributed by atoms with E-state index in [-0.39, 0.29) is 12.5 Å². The van der Waals surface area contributed by atoms with Gasteiger partial charge in [0.15, 0.2) is 0 Å². The molecule has 0 saturated heterocycles. The highest BCUT2D eigenvalue weighted by atomic mass is 16.4. The highest BCUT2D eigenvalue weighted by molar-refractivity contribution is 5.80. The first-order valence-corrected chi connectivity index (χ1v) is 8.51. The van der Waals surface area contributed by atoms with Crippen molar-refractivity contribution in [2.45, 2.75) is 84.0 Å². The van der Waals surface area contributed by atoms with E-state index in [4.69, 9.17) is 0 Å². The van der Waals surface area contributed by atoms with Crippen LogP contribution in [0, 0.1) is 0 Å². The number of carboxylic acid groups (broad SMARTS) is 1. The molecule has 4 heteroatoms. The molecule has 0 aliphatic rings. The molecule has 0 aromatic heterocycles. The van der Waals surface area contributed by atoms with Gasteiger partial charge in [-0.05, 0) is 6.42 Å². The molecular formula is C17H32NO3-. The number of hydrogen-bond donors (Lipinski definition) is 0. The number of unbranched alkanes of at least 4 members (excludes halogenated alkanes) is 10. The van der Waals surface area contributed by atoms with Crippen LogP contribution in [-0.4, -0.2) is 30.4 Å². The minimum atomic E-state index is -1.20. The third-order valence-corrected chi connectivity index (χ3v) is 3.79. The van der Waals surface area contributed by atoms with Gasteiger partial charge >= 0.3 is 0 Å². The predicted molar refractivity (Wildman–Crippen MR) is 83.7 cm³/mol. The number of amides is 1. The van der Waals surface area contributed by atoms with Crippen LogP contribution in [0.1, 0.15) is 84.0 Å². The van der Waals surface area contributed by atoms with Crippen LogP contribution in [-0.2, 0) is 9.59 Å². The number of hydrogen-bond acceptors (Lipinski definition) is 3. The molecule has 0 unspecified atom stereocenters. The number of rotatable bonds is 14. The number of carbonyl (C=O) groups excluding carboxylic acids is 2. The molecule has 0 fully saturated rings. The monoisotopic (exact) mass is 298 g/mol. The predicted octanol–water partition coefficient (Wildman–Crippen LogP) is 2.90. The fourth-order valence-electron chi connectivity index (χ4n) is 2.41. The van der Waals surface area contributed by atoms with Gasteiger partial charge in [0.25, 0.3) is 0 Å². The Morgan fingerprint density at radius 1 is 0.810 bits per heavy atom. The molecule has 0 N–H and O–H groups in total. The maximum absolute atomic E-state index is 11.6. The van der Waals surface area contributed by atoms with E-state index in [0.29, 0.717) is 6.42 Å². The van der Waals surface area contributed by atoms with Crippen molar-refractivity contribution in [3.05, 3.63) is 0 Å². The summed E-state index contributed by atoms with van der Waals surface area (Å²) < 4.78 is 0. The number of aliphatic carboxylic acids is 1. The lowest BCUT2D eigenvalue weighted by atomic mass is 10.1. The molecular weight excluding hydrogens is 266 g/mol. The van der Waals surface area contributed by atoms with E-state index in [1.165, 1.54) is 69.7 Å². The first kappa shape index (κ1) is 19.9. The third-order valence-electron chi connectivity index (χ3n) is 3.79. The molecule has 124 valence electrons. The average molecular weight is 298 g/mol. The largest absolute Gasteiger partial charge is 0.548 e. The Kier molecular flexibility index (Phi) is 13.2. The quantitative estimate of drug-likeness (QED) is 0.463. The number of carbonyl (C=O) groups is 2. The van der Waals surface area contributed by atoms with Crippen molar-refractivity contribution < 1.29 is 14.7 Å². The summed E-state index contributed by atoms with van der Waals surface area (Å²) in [5.41, 5.74) is 0. The summed E-state index contributed by atoms with van der Waals surface area (Å²) in [6.07, 6.45) is 14.2. The van der Waals surface area contributed by atoms with Gasteiger partial charge < -0.3 is 14.8 Å². The number of likely N-dealkylation sites (N-methyl/N-ethyl adjacent to an activating group) is 1. The average Bonchev–Trinajstić information content (AvgIpc) is 2.43. The topological polar surface area (TPSA) is 60.4 Å². The minimum Gasteiger partial charge on any atom is -0.548 e.